The lowest BCUT2D eigenvalue weighted by atomic mass is 10.2. The Balaban J connectivity index is 1.51. The molecule has 1 nitrogen and oxygen atoms in total. The van der Waals surface area contributed by atoms with Gasteiger partial charge >= 0.3 is 0 Å². The molecule has 90 valence electrons. The Hall–Kier alpha value is -0.0500. The lowest BCUT2D eigenvalue weighted by Crippen LogP contribution is -2.26. The van der Waals surface area contributed by atoms with Gasteiger partial charge in [-0.05, 0) is 50.8 Å². The van der Waals surface area contributed by atoms with E-state index in [1.807, 2.05) is 6.07 Å². The molecule has 16 heavy (non-hydrogen) atoms. The van der Waals surface area contributed by atoms with Crippen molar-refractivity contribution in [3.63, 3.8) is 0 Å². The normalized spacial score (nSPS) is 17.1. The molecule has 0 aromatic carbocycles. The first kappa shape index (κ1) is 12.4. The molecule has 0 radical (unpaired) electrons. The van der Waals surface area contributed by atoms with Crippen LogP contribution in [0.1, 0.15) is 43.4 Å². The van der Waals surface area contributed by atoms with Crippen LogP contribution in [-0.4, -0.2) is 12.6 Å². The number of hydrogen-bond acceptors (Lipinski definition) is 2. The van der Waals surface area contributed by atoms with E-state index in [0.29, 0.717) is 0 Å². The molecule has 2 rings (SSSR count). The maximum Gasteiger partial charge on any atom is 0.0931 e. The minimum atomic E-state index is 0.816. The van der Waals surface area contributed by atoms with Crippen LogP contribution in [0.25, 0.3) is 0 Å². The second-order valence-electron chi connectivity index (χ2n) is 4.60. The van der Waals surface area contributed by atoms with E-state index in [9.17, 15) is 0 Å². The van der Waals surface area contributed by atoms with Gasteiger partial charge in [-0.15, -0.1) is 11.3 Å². The molecule has 1 aliphatic carbocycles. The van der Waals surface area contributed by atoms with Crippen LogP contribution in [-0.2, 0) is 6.42 Å². The second-order valence-corrected chi connectivity index (χ2v) is 6.40. The highest BCUT2D eigenvalue weighted by Crippen LogP contribution is 2.22. The molecule has 0 atom stereocenters. The Labute approximate surface area is 107 Å². The van der Waals surface area contributed by atoms with Gasteiger partial charge in [-0.25, -0.2) is 0 Å². The maximum absolute atomic E-state index is 5.89. The van der Waals surface area contributed by atoms with Crippen LogP contribution < -0.4 is 5.32 Å². The first-order valence-corrected chi connectivity index (χ1v) is 7.51. The van der Waals surface area contributed by atoms with Gasteiger partial charge in [0, 0.05) is 10.9 Å². The van der Waals surface area contributed by atoms with Crippen LogP contribution in [0, 0.1) is 0 Å². The molecule has 0 bridgehead atoms. The van der Waals surface area contributed by atoms with Gasteiger partial charge in [0.1, 0.15) is 0 Å². The highest BCUT2D eigenvalue weighted by molar-refractivity contribution is 7.16. The Morgan fingerprint density at radius 1 is 1.25 bits per heavy atom. The van der Waals surface area contributed by atoms with Gasteiger partial charge in [0.25, 0.3) is 0 Å². The summed E-state index contributed by atoms with van der Waals surface area (Å²) in [5.41, 5.74) is 0. The molecular formula is C13H20ClNS. The maximum atomic E-state index is 5.89. The molecular weight excluding hydrogens is 238 g/mol. The topological polar surface area (TPSA) is 12.0 Å². The number of aryl methyl sites for hydroxylation is 1. The Kier molecular flexibility index (Phi) is 5.14. The quantitative estimate of drug-likeness (QED) is 0.751. The summed E-state index contributed by atoms with van der Waals surface area (Å²) in [7, 11) is 0. The fourth-order valence-electron chi connectivity index (χ4n) is 2.35. The van der Waals surface area contributed by atoms with Crippen molar-refractivity contribution in [1.82, 2.24) is 5.32 Å². The molecule has 1 aliphatic rings. The summed E-state index contributed by atoms with van der Waals surface area (Å²) in [6.45, 7) is 1.18. The van der Waals surface area contributed by atoms with E-state index < -0.39 is 0 Å². The van der Waals surface area contributed by atoms with E-state index in [2.05, 4.69) is 11.4 Å². The van der Waals surface area contributed by atoms with E-state index in [1.165, 1.54) is 56.4 Å². The zero-order chi connectivity index (χ0) is 11.2. The van der Waals surface area contributed by atoms with E-state index in [0.717, 1.165) is 10.4 Å². The van der Waals surface area contributed by atoms with Crippen molar-refractivity contribution >= 4 is 22.9 Å². The molecule has 1 aromatic heterocycles. The third kappa shape index (κ3) is 4.08. The van der Waals surface area contributed by atoms with E-state index in [-0.39, 0.29) is 0 Å². The van der Waals surface area contributed by atoms with Crippen LogP contribution in [0.2, 0.25) is 4.34 Å². The number of nitrogens with one attached hydrogen (secondary N) is 1. The molecule has 0 amide bonds. The number of unbranched alkanes of at least 4 members (excludes halogenated alkanes) is 1. The third-order valence-electron chi connectivity index (χ3n) is 3.27. The summed E-state index contributed by atoms with van der Waals surface area (Å²) in [5, 5.41) is 3.65. The van der Waals surface area contributed by atoms with Crippen LogP contribution in [0.15, 0.2) is 12.1 Å². The van der Waals surface area contributed by atoms with Crippen molar-refractivity contribution in [2.45, 2.75) is 51.0 Å². The number of halogens is 1. The fourth-order valence-corrected chi connectivity index (χ4v) is 3.48. The zero-order valence-electron chi connectivity index (χ0n) is 9.68. The minimum absolute atomic E-state index is 0.816. The van der Waals surface area contributed by atoms with Crippen molar-refractivity contribution in [2.75, 3.05) is 6.54 Å². The smallest absolute Gasteiger partial charge is 0.0931 e. The molecule has 1 saturated carbocycles. The van der Waals surface area contributed by atoms with Gasteiger partial charge in [-0.1, -0.05) is 24.4 Å². The van der Waals surface area contributed by atoms with Crippen LogP contribution in [0.5, 0.6) is 0 Å². The van der Waals surface area contributed by atoms with E-state index in [1.54, 1.807) is 11.3 Å². The van der Waals surface area contributed by atoms with Crippen LogP contribution in [0.4, 0.5) is 0 Å². The first-order valence-electron chi connectivity index (χ1n) is 6.32. The molecule has 1 heterocycles. The molecule has 0 aliphatic heterocycles. The SMILES string of the molecule is Clc1ccc(CCCCNC2CCCC2)s1. The standard InChI is InChI=1S/C13H20ClNS/c14-13-9-8-12(16-13)7-3-4-10-15-11-5-1-2-6-11/h8-9,11,15H,1-7,10H2. The molecule has 0 unspecified atom stereocenters. The van der Waals surface area contributed by atoms with Crippen molar-refractivity contribution in [2.24, 2.45) is 0 Å². The zero-order valence-corrected chi connectivity index (χ0v) is 11.2. The lowest BCUT2D eigenvalue weighted by Gasteiger charge is -2.10. The summed E-state index contributed by atoms with van der Waals surface area (Å²) in [6.07, 6.45) is 9.37. The van der Waals surface area contributed by atoms with Gasteiger partial charge in [0.05, 0.1) is 4.34 Å². The summed E-state index contributed by atoms with van der Waals surface area (Å²) >= 11 is 7.61. The van der Waals surface area contributed by atoms with Gasteiger partial charge in [0.15, 0.2) is 0 Å². The predicted octanol–water partition coefficient (Wildman–Crippen LogP) is 4.26. The van der Waals surface area contributed by atoms with E-state index >= 15 is 0 Å². The van der Waals surface area contributed by atoms with Crippen molar-refractivity contribution in [3.8, 4) is 0 Å². The van der Waals surface area contributed by atoms with Crippen LogP contribution in [0.3, 0.4) is 0 Å². The summed E-state index contributed by atoms with van der Waals surface area (Å²) < 4.78 is 0.916. The van der Waals surface area contributed by atoms with Gasteiger partial charge < -0.3 is 5.32 Å². The molecule has 1 fully saturated rings. The van der Waals surface area contributed by atoms with Crippen molar-refractivity contribution < 1.29 is 0 Å². The third-order valence-corrected chi connectivity index (χ3v) is 4.56. The highest BCUT2D eigenvalue weighted by Gasteiger charge is 2.12. The second kappa shape index (κ2) is 6.63. The number of rotatable bonds is 6. The summed E-state index contributed by atoms with van der Waals surface area (Å²) in [4.78, 5) is 1.42. The van der Waals surface area contributed by atoms with E-state index in [4.69, 9.17) is 11.6 Å². The number of hydrogen-bond donors (Lipinski definition) is 1. The van der Waals surface area contributed by atoms with Gasteiger partial charge in [-0.3, -0.25) is 0 Å². The minimum Gasteiger partial charge on any atom is -0.314 e. The highest BCUT2D eigenvalue weighted by atomic mass is 35.5. The lowest BCUT2D eigenvalue weighted by molar-refractivity contribution is 0.508. The average Bonchev–Trinajstić information content (AvgIpc) is 2.89. The number of thiophene rings is 1. The molecule has 0 saturated heterocycles. The Bertz CT molecular complexity index is 305. The first-order chi connectivity index (χ1) is 7.84. The summed E-state index contributed by atoms with van der Waals surface area (Å²) in [5.74, 6) is 0. The molecule has 1 aromatic rings. The average molecular weight is 258 g/mol. The van der Waals surface area contributed by atoms with Crippen molar-refractivity contribution in [3.05, 3.63) is 21.3 Å². The summed E-state index contributed by atoms with van der Waals surface area (Å²) in [6, 6.07) is 4.96. The largest absolute Gasteiger partial charge is 0.314 e. The van der Waals surface area contributed by atoms with Crippen molar-refractivity contribution in [1.29, 1.82) is 0 Å². The monoisotopic (exact) mass is 257 g/mol. The Morgan fingerprint density at radius 2 is 2.06 bits per heavy atom. The Morgan fingerprint density at radius 3 is 2.75 bits per heavy atom. The molecule has 3 heteroatoms. The van der Waals surface area contributed by atoms with Crippen LogP contribution >= 0.6 is 22.9 Å². The van der Waals surface area contributed by atoms with Gasteiger partial charge in [0.2, 0.25) is 0 Å². The fraction of sp³-hybridized carbons (Fsp3) is 0.692. The molecule has 1 N–H and O–H groups in total. The van der Waals surface area contributed by atoms with Gasteiger partial charge in [-0.2, -0.15) is 0 Å². The molecule has 0 spiro atoms. The predicted molar refractivity (Wildman–Crippen MR) is 72.5 cm³/mol.